The Hall–Kier alpha value is -1.82. The highest BCUT2D eigenvalue weighted by atomic mass is 16.4. The summed E-state index contributed by atoms with van der Waals surface area (Å²) < 4.78 is 0. The van der Waals surface area contributed by atoms with Crippen LogP contribution in [0, 0.1) is 0 Å². The lowest BCUT2D eigenvalue weighted by atomic mass is 10.00. The van der Waals surface area contributed by atoms with Crippen LogP contribution in [0.2, 0.25) is 0 Å². The molecule has 2 heterocycles. The summed E-state index contributed by atoms with van der Waals surface area (Å²) in [5.74, 6) is -0.519. The van der Waals surface area contributed by atoms with E-state index in [1.54, 1.807) is 0 Å². The third-order valence-corrected chi connectivity index (χ3v) is 3.60. The van der Waals surface area contributed by atoms with Crippen molar-refractivity contribution in [1.82, 2.24) is 9.99 Å². The second-order valence-corrected chi connectivity index (χ2v) is 5.11. The van der Waals surface area contributed by atoms with Gasteiger partial charge in [0.1, 0.15) is 5.82 Å². The predicted octanol–water partition coefficient (Wildman–Crippen LogP) is 1.95. The van der Waals surface area contributed by atoms with Crippen LogP contribution in [0.1, 0.15) is 43.5 Å². The van der Waals surface area contributed by atoms with Gasteiger partial charge < -0.3 is 16.3 Å². The van der Waals surface area contributed by atoms with Crippen molar-refractivity contribution in [3.63, 3.8) is 0 Å². The van der Waals surface area contributed by atoms with E-state index in [2.05, 4.69) is 29.3 Å². The maximum absolute atomic E-state index is 11.0. The van der Waals surface area contributed by atoms with Crippen molar-refractivity contribution in [2.75, 3.05) is 11.2 Å². The number of rotatable bonds is 3. The first-order valence-corrected chi connectivity index (χ1v) is 6.53. The number of carboxylic acid groups (broad SMARTS) is 1. The molecule has 1 aliphatic rings. The molecule has 0 spiro atoms. The molecule has 2 unspecified atom stereocenters. The third-order valence-electron chi connectivity index (χ3n) is 3.60. The number of pyridine rings is 1. The van der Waals surface area contributed by atoms with Gasteiger partial charge in [-0.15, -0.1) is 0 Å². The van der Waals surface area contributed by atoms with Gasteiger partial charge in [-0.25, -0.2) is 14.8 Å². The van der Waals surface area contributed by atoms with Gasteiger partial charge in [-0.3, -0.25) is 0 Å². The highest BCUT2D eigenvalue weighted by molar-refractivity contribution is 5.94. The molecule has 1 aromatic rings. The van der Waals surface area contributed by atoms with Crippen LogP contribution in [-0.2, 0) is 0 Å². The van der Waals surface area contributed by atoms with E-state index < -0.39 is 5.97 Å². The van der Waals surface area contributed by atoms with Gasteiger partial charge in [-0.1, -0.05) is 6.42 Å². The molecule has 1 aromatic heterocycles. The Morgan fingerprint density at radius 1 is 1.47 bits per heavy atom. The van der Waals surface area contributed by atoms with E-state index in [4.69, 9.17) is 10.8 Å². The second kappa shape index (κ2) is 5.44. The molecule has 6 nitrogen and oxygen atoms in total. The number of nitrogens with zero attached hydrogens (tertiary/aromatic N) is 2. The fourth-order valence-corrected chi connectivity index (χ4v) is 2.49. The lowest BCUT2D eigenvalue weighted by Crippen LogP contribution is -2.47. The average Bonchev–Trinajstić information content (AvgIpc) is 2.35. The average molecular weight is 264 g/mol. The molecule has 1 aliphatic heterocycles. The van der Waals surface area contributed by atoms with Crippen molar-refractivity contribution in [2.24, 2.45) is 0 Å². The predicted molar refractivity (Wildman–Crippen MR) is 73.8 cm³/mol. The number of carbonyl (C=O) groups is 1. The smallest absolute Gasteiger partial charge is 0.337 e. The molecule has 0 aliphatic carbocycles. The van der Waals surface area contributed by atoms with Crippen LogP contribution in [0.3, 0.4) is 0 Å². The number of hydrogen-bond donors (Lipinski definition) is 3. The SMILES string of the molecule is CC1CCCC(C)N1Nc1cc(C(=O)O)c(N)cn1. The second-order valence-electron chi connectivity index (χ2n) is 5.11. The highest BCUT2D eigenvalue weighted by Crippen LogP contribution is 2.23. The van der Waals surface area contributed by atoms with Crippen LogP contribution in [0.4, 0.5) is 11.5 Å². The Morgan fingerprint density at radius 2 is 2.11 bits per heavy atom. The van der Waals surface area contributed by atoms with E-state index in [0.717, 1.165) is 12.8 Å². The highest BCUT2D eigenvalue weighted by Gasteiger charge is 2.25. The number of nitrogens with one attached hydrogen (secondary N) is 1. The normalized spacial score (nSPS) is 24.1. The van der Waals surface area contributed by atoms with Crippen molar-refractivity contribution in [1.29, 1.82) is 0 Å². The Balaban J connectivity index is 2.18. The van der Waals surface area contributed by atoms with Gasteiger partial charge in [0.05, 0.1) is 17.4 Å². The number of aromatic nitrogens is 1. The van der Waals surface area contributed by atoms with Gasteiger partial charge in [0.25, 0.3) is 0 Å². The monoisotopic (exact) mass is 264 g/mol. The fourth-order valence-electron chi connectivity index (χ4n) is 2.49. The molecule has 104 valence electrons. The van der Waals surface area contributed by atoms with Crippen molar-refractivity contribution in [3.8, 4) is 0 Å². The Bertz CT molecular complexity index is 468. The Labute approximate surface area is 112 Å². The minimum atomic E-state index is -1.04. The minimum absolute atomic E-state index is 0.0785. The van der Waals surface area contributed by atoms with Gasteiger partial charge in [0.15, 0.2) is 0 Å². The summed E-state index contributed by atoms with van der Waals surface area (Å²) in [5.41, 5.74) is 9.06. The first kappa shape index (κ1) is 13.6. The zero-order chi connectivity index (χ0) is 14.0. The molecule has 0 aromatic carbocycles. The van der Waals surface area contributed by atoms with Crippen molar-refractivity contribution < 1.29 is 9.90 Å². The molecular weight excluding hydrogens is 244 g/mol. The summed E-state index contributed by atoms with van der Waals surface area (Å²) in [6.07, 6.45) is 4.84. The van der Waals surface area contributed by atoms with Crippen molar-refractivity contribution in [3.05, 3.63) is 17.8 Å². The number of piperidine rings is 1. The summed E-state index contributed by atoms with van der Waals surface area (Å²) in [5, 5.41) is 11.2. The van der Waals surface area contributed by atoms with E-state index in [9.17, 15) is 4.79 Å². The number of anilines is 2. The maximum Gasteiger partial charge on any atom is 0.337 e. The molecule has 0 bridgehead atoms. The Morgan fingerprint density at radius 3 is 2.68 bits per heavy atom. The third kappa shape index (κ3) is 2.96. The molecule has 1 saturated heterocycles. The first-order chi connectivity index (χ1) is 8.99. The molecule has 0 amide bonds. The van der Waals surface area contributed by atoms with E-state index in [1.807, 2.05) is 0 Å². The van der Waals surface area contributed by atoms with Crippen LogP contribution >= 0.6 is 0 Å². The lowest BCUT2D eigenvalue weighted by molar-refractivity contribution is 0.0698. The standard InChI is InChI=1S/C13H20N4O2/c1-8-4-3-5-9(2)17(8)16-12-6-10(13(18)19)11(14)7-15-12/h6-9H,3-5,14H2,1-2H3,(H,15,16)(H,18,19). The van der Waals surface area contributed by atoms with Crippen molar-refractivity contribution >= 4 is 17.5 Å². The van der Waals surface area contributed by atoms with E-state index >= 15 is 0 Å². The zero-order valence-electron chi connectivity index (χ0n) is 11.3. The molecule has 0 saturated carbocycles. The number of aromatic carboxylic acids is 1. The lowest BCUT2D eigenvalue weighted by Gasteiger charge is -2.39. The molecule has 0 radical (unpaired) electrons. The zero-order valence-corrected chi connectivity index (χ0v) is 11.3. The number of hydrogen-bond acceptors (Lipinski definition) is 5. The molecule has 19 heavy (non-hydrogen) atoms. The van der Waals surface area contributed by atoms with Crippen LogP contribution in [0.5, 0.6) is 0 Å². The largest absolute Gasteiger partial charge is 0.478 e. The van der Waals surface area contributed by atoms with Crippen molar-refractivity contribution in [2.45, 2.75) is 45.2 Å². The Kier molecular flexibility index (Phi) is 3.90. The molecule has 2 atom stereocenters. The van der Waals surface area contributed by atoms with E-state index in [-0.39, 0.29) is 11.3 Å². The van der Waals surface area contributed by atoms with Crippen LogP contribution in [0.25, 0.3) is 0 Å². The van der Waals surface area contributed by atoms with Gasteiger partial charge >= 0.3 is 5.97 Å². The van der Waals surface area contributed by atoms with Crippen LogP contribution in [0.15, 0.2) is 12.3 Å². The van der Waals surface area contributed by atoms with Crippen LogP contribution < -0.4 is 11.2 Å². The number of hydrazine groups is 1. The summed E-state index contributed by atoms with van der Waals surface area (Å²) in [4.78, 5) is 15.2. The quantitative estimate of drug-likeness (QED) is 0.773. The molecular formula is C13H20N4O2. The van der Waals surface area contributed by atoms with Crippen LogP contribution in [-0.4, -0.2) is 33.2 Å². The topological polar surface area (TPSA) is 91.5 Å². The van der Waals surface area contributed by atoms with Gasteiger partial charge in [-0.2, -0.15) is 0 Å². The summed E-state index contributed by atoms with van der Waals surface area (Å²) in [6.45, 7) is 4.30. The van der Waals surface area contributed by atoms with Gasteiger partial charge in [0.2, 0.25) is 0 Å². The van der Waals surface area contributed by atoms with Gasteiger partial charge in [0, 0.05) is 12.1 Å². The number of nitrogens with two attached hydrogens (primary N) is 1. The molecule has 2 rings (SSSR count). The molecule has 1 fully saturated rings. The summed E-state index contributed by atoms with van der Waals surface area (Å²) in [6, 6.07) is 2.28. The van der Waals surface area contributed by atoms with Gasteiger partial charge in [-0.05, 0) is 32.8 Å². The summed E-state index contributed by atoms with van der Waals surface area (Å²) >= 11 is 0. The van der Waals surface area contributed by atoms with E-state index in [0.29, 0.717) is 17.9 Å². The maximum atomic E-state index is 11.0. The summed E-state index contributed by atoms with van der Waals surface area (Å²) in [7, 11) is 0. The fraction of sp³-hybridized carbons (Fsp3) is 0.538. The minimum Gasteiger partial charge on any atom is -0.478 e. The number of carboxylic acids is 1. The number of nitrogen functional groups attached to an aromatic ring is 1. The first-order valence-electron chi connectivity index (χ1n) is 6.53. The van der Waals surface area contributed by atoms with E-state index in [1.165, 1.54) is 18.7 Å². The molecule has 6 heteroatoms. The molecule has 4 N–H and O–H groups in total.